The van der Waals surface area contributed by atoms with Crippen LogP contribution in [0.25, 0.3) is 0 Å². The summed E-state index contributed by atoms with van der Waals surface area (Å²) in [5, 5.41) is 10.9. The number of amides is 2. The number of rotatable bonds is 5. The SMILES string of the molecule is CN(C)[C@@H]1CN(CCN2CCNC2=O)C[C@@H]1n1ccnn1. The molecule has 2 fully saturated rings. The molecule has 2 aliphatic rings. The van der Waals surface area contributed by atoms with Crippen LogP contribution in [0, 0.1) is 0 Å². The average molecular weight is 293 g/mol. The van der Waals surface area contributed by atoms with Crippen LogP contribution in [0.2, 0.25) is 0 Å². The maximum absolute atomic E-state index is 11.6. The van der Waals surface area contributed by atoms with Gasteiger partial charge in [0.15, 0.2) is 0 Å². The fraction of sp³-hybridized carbons (Fsp3) is 0.769. The van der Waals surface area contributed by atoms with Gasteiger partial charge in [0.05, 0.1) is 12.2 Å². The Hall–Kier alpha value is -1.67. The molecule has 0 radical (unpaired) electrons. The molecule has 0 bridgehead atoms. The van der Waals surface area contributed by atoms with E-state index < -0.39 is 0 Å². The molecular weight excluding hydrogens is 270 g/mol. The Balaban J connectivity index is 1.59. The van der Waals surface area contributed by atoms with E-state index in [1.165, 1.54) is 0 Å². The molecule has 0 spiro atoms. The average Bonchev–Trinajstić information content (AvgIpc) is 3.16. The van der Waals surface area contributed by atoms with Crippen molar-refractivity contribution in [3.05, 3.63) is 12.4 Å². The summed E-state index contributed by atoms with van der Waals surface area (Å²) in [7, 11) is 4.21. The van der Waals surface area contributed by atoms with Crippen molar-refractivity contribution in [2.75, 3.05) is 53.4 Å². The summed E-state index contributed by atoms with van der Waals surface area (Å²) in [5.41, 5.74) is 0. The minimum Gasteiger partial charge on any atom is -0.336 e. The number of hydrogen-bond donors (Lipinski definition) is 1. The topological polar surface area (TPSA) is 69.5 Å². The van der Waals surface area contributed by atoms with E-state index in [9.17, 15) is 4.79 Å². The predicted molar refractivity (Wildman–Crippen MR) is 77.9 cm³/mol. The van der Waals surface area contributed by atoms with Crippen LogP contribution in [-0.2, 0) is 0 Å². The molecule has 8 nitrogen and oxygen atoms in total. The lowest BCUT2D eigenvalue weighted by Crippen LogP contribution is -2.38. The molecule has 0 aliphatic carbocycles. The van der Waals surface area contributed by atoms with Gasteiger partial charge in [-0.3, -0.25) is 4.90 Å². The van der Waals surface area contributed by atoms with E-state index >= 15 is 0 Å². The zero-order chi connectivity index (χ0) is 14.8. The molecule has 21 heavy (non-hydrogen) atoms. The first-order valence-electron chi connectivity index (χ1n) is 7.42. The van der Waals surface area contributed by atoms with Crippen molar-refractivity contribution < 1.29 is 4.79 Å². The molecular formula is C13H23N7O. The zero-order valence-corrected chi connectivity index (χ0v) is 12.6. The number of carbonyl (C=O) groups excluding carboxylic acids is 1. The third-order valence-corrected chi connectivity index (χ3v) is 4.41. The summed E-state index contributed by atoms with van der Waals surface area (Å²) in [6.45, 7) is 5.21. The molecule has 8 heteroatoms. The molecule has 0 saturated carbocycles. The van der Waals surface area contributed by atoms with Gasteiger partial charge in [-0.05, 0) is 14.1 Å². The van der Waals surface area contributed by atoms with E-state index in [-0.39, 0.29) is 6.03 Å². The highest BCUT2D eigenvalue weighted by Gasteiger charge is 2.36. The lowest BCUT2D eigenvalue weighted by molar-refractivity contribution is 0.205. The van der Waals surface area contributed by atoms with Gasteiger partial charge >= 0.3 is 6.03 Å². The standard InChI is InChI=1S/C13H23N7O/c1-17(2)11-9-18(7-8-19-5-3-14-13(19)21)10-12(11)20-6-4-15-16-20/h4,6,11-12H,3,5,7-10H2,1-2H3,(H,14,21)/t11-,12+/m1/s1. The van der Waals surface area contributed by atoms with Gasteiger partial charge in [0, 0.05) is 51.5 Å². The first-order chi connectivity index (χ1) is 10.1. The molecule has 116 valence electrons. The maximum Gasteiger partial charge on any atom is 0.317 e. The molecule has 1 aromatic heterocycles. The van der Waals surface area contributed by atoms with Crippen molar-refractivity contribution >= 4 is 6.03 Å². The van der Waals surface area contributed by atoms with Crippen LogP contribution in [0.1, 0.15) is 6.04 Å². The third kappa shape index (κ3) is 3.01. The highest BCUT2D eigenvalue weighted by atomic mass is 16.2. The van der Waals surface area contributed by atoms with Gasteiger partial charge in [-0.1, -0.05) is 5.21 Å². The third-order valence-electron chi connectivity index (χ3n) is 4.41. The Morgan fingerprint density at radius 3 is 2.86 bits per heavy atom. The number of nitrogens with zero attached hydrogens (tertiary/aromatic N) is 6. The molecule has 2 amide bonds. The van der Waals surface area contributed by atoms with Crippen molar-refractivity contribution in [1.82, 2.24) is 35.0 Å². The minimum absolute atomic E-state index is 0.0613. The number of urea groups is 1. The van der Waals surface area contributed by atoms with Gasteiger partial charge in [0.2, 0.25) is 0 Å². The van der Waals surface area contributed by atoms with Crippen LogP contribution in [-0.4, -0.2) is 95.1 Å². The molecule has 0 unspecified atom stereocenters. The number of likely N-dealkylation sites (tertiary alicyclic amines) is 1. The van der Waals surface area contributed by atoms with Gasteiger partial charge in [-0.2, -0.15) is 0 Å². The van der Waals surface area contributed by atoms with Crippen molar-refractivity contribution in [2.24, 2.45) is 0 Å². The fourth-order valence-corrected chi connectivity index (χ4v) is 3.18. The summed E-state index contributed by atoms with van der Waals surface area (Å²) in [6.07, 6.45) is 3.66. The minimum atomic E-state index is 0.0613. The van der Waals surface area contributed by atoms with E-state index in [1.54, 1.807) is 6.20 Å². The van der Waals surface area contributed by atoms with E-state index in [1.807, 2.05) is 15.8 Å². The first-order valence-corrected chi connectivity index (χ1v) is 7.42. The molecule has 1 N–H and O–H groups in total. The monoisotopic (exact) mass is 293 g/mol. The summed E-state index contributed by atoms with van der Waals surface area (Å²) in [5.74, 6) is 0. The van der Waals surface area contributed by atoms with Crippen molar-refractivity contribution in [1.29, 1.82) is 0 Å². The van der Waals surface area contributed by atoms with Gasteiger partial charge in [0.25, 0.3) is 0 Å². The zero-order valence-electron chi connectivity index (χ0n) is 12.6. The summed E-state index contributed by atoms with van der Waals surface area (Å²) >= 11 is 0. The number of carbonyl (C=O) groups is 1. The molecule has 2 saturated heterocycles. The summed E-state index contributed by atoms with van der Waals surface area (Å²) < 4.78 is 1.95. The number of likely N-dealkylation sites (N-methyl/N-ethyl adjacent to an activating group) is 1. The van der Waals surface area contributed by atoms with Crippen LogP contribution in [0.4, 0.5) is 4.79 Å². The highest BCUT2D eigenvalue weighted by Crippen LogP contribution is 2.24. The largest absolute Gasteiger partial charge is 0.336 e. The first kappa shape index (κ1) is 14.3. The molecule has 0 aromatic carbocycles. The molecule has 3 heterocycles. The van der Waals surface area contributed by atoms with E-state index in [4.69, 9.17) is 0 Å². The fourth-order valence-electron chi connectivity index (χ4n) is 3.18. The van der Waals surface area contributed by atoms with Crippen LogP contribution >= 0.6 is 0 Å². The molecule has 2 aliphatic heterocycles. The maximum atomic E-state index is 11.6. The number of hydrogen-bond acceptors (Lipinski definition) is 5. The Kier molecular flexibility index (Phi) is 4.07. The van der Waals surface area contributed by atoms with E-state index in [0.717, 1.165) is 39.3 Å². The Morgan fingerprint density at radius 1 is 1.38 bits per heavy atom. The van der Waals surface area contributed by atoms with Gasteiger partial charge in [-0.25, -0.2) is 9.48 Å². The second kappa shape index (κ2) is 5.98. The molecule has 2 atom stereocenters. The van der Waals surface area contributed by atoms with Crippen molar-refractivity contribution in [2.45, 2.75) is 12.1 Å². The van der Waals surface area contributed by atoms with Gasteiger partial charge in [0.1, 0.15) is 0 Å². The van der Waals surface area contributed by atoms with Crippen LogP contribution in [0.3, 0.4) is 0 Å². The molecule has 3 rings (SSSR count). The Bertz CT molecular complexity index is 475. The smallest absolute Gasteiger partial charge is 0.317 e. The predicted octanol–water partition coefficient (Wildman–Crippen LogP) is -0.910. The van der Waals surface area contributed by atoms with Crippen LogP contribution in [0.15, 0.2) is 12.4 Å². The highest BCUT2D eigenvalue weighted by molar-refractivity contribution is 5.76. The van der Waals surface area contributed by atoms with Crippen LogP contribution < -0.4 is 5.32 Å². The second-order valence-electron chi connectivity index (χ2n) is 5.96. The Morgan fingerprint density at radius 2 is 2.24 bits per heavy atom. The normalized spacial score (nSPS) is 26.8. The van der Waals surface area contributed by atoms with Crippen molar-refractivity contribution in [3.8, 4) is 0 Å². The van der Waals surface area contributed by atoms with Crippen LogP contribution in [0.5, 0.6) is 0 Å². The number of aromatic nitrogens is 3. The van der Waals surface area contributed by atoms with E-state index in [2.05, 4.69) is 39.5 Å². The number of nitrogens with one attached hydrogen (secondary N) is 1. The van der Waals surface area contributed by atoms with Crippen molar-refractivity contribution in [3.63, 3.8) is 0 Å². The lowest BCUT2D eigenvalue weighted by Gasteiger charge is -2.24. The quantitative estimate of drug-likeness (QED) is 0.761. The van der Waals surface area contributed by atoms with Gasteiger partial charge < -0.3 is 15.1 Å². The Labute approximate surface area is 124 Å². The van der Waals surface area contributed by atoms with E-state index in [0.29, 0.717) is 12.1 Å². The van der Waals surface area contributed by atoms with Gasteiger partial charge in [-0.15, -0.1) is 5.10 Å². The lowest BCUT2D eigenvalue weighted by atomic mass is 10.1. The second-order valence-corrected chi connectivity index (χ2v) is 5.96. The summed E-state index contributed by atoms with van der Waals surface area (Å²) in [6, 6.07) is 0.792. The summed E-state index contributed by atoms with van der Waals surface area (Å²) in [4.78, 5) is 18.1. The molecule has 1 aromatic rings.